The summed E-state index contributed by atoms with van der Waals surface area (Å²) in [6, 6.07) is 13.7. The molecule has 2 aromatic carbocycles. The lowest BCUT2D eigenvalue weighted by atomic mass is 10.2. The van der Waals surface area contributed by atoms with Crippen molar-refractivity contribution >= 4 is 10.5 Å². The van der Waals surface area contributed by atoms with E-state index in [9.17, 15) is 12.3 Å². The Kier molecular flexibility index (Phi) is 5.10. The third-order valence-electron chi connectivity index (χ3n) is 3.65. The molecule has 1 unspecified atom stereocenters. The van der Waals surface area contributed by atoms with Crippen LogP contribution in [-0.2, 0) is 17.0 Å². The molecule has 0 radical (unpaired) electrons. The molecule has 1 atom stereocenters. The maximum atomic E-state index is 12.5. The highest BCUT2D eigenvalue weighted by molar-refractivity contribution is 7.81. The Balaban J connectivity index is 1.54. The summed E-state index contributed by atoms with van der Waals surface area (Å²) >= 11 is 0. The summed E-state index contributed by atoms with van der Waals surface area (Å²) in [4.78, 5) is 2.06. The van der Waals surface area contributed by atoms with E-state index in [2.05, 4.69) is 9.08 Å². The minimum Gasteiger partial charge on any atom is -0.486 e. The minimum absolute atomic E-state index is 0.0606. The van der Waals surface area contributed by atoms with Crippen molar-refractivity contribution in [2.45, 2.75) is 12.6 Å². The van der Waals surface area contributed by atoms with Crippen LogP contribution < -0.4 is 13.7 Å². The molecular formula is C17H18FNO5S. The average Bonchev–Trinajstić information content (AvgIpc) is 2.55. The van der Waals surface area contributed by atoms with Gasteiger partial charge in [0.15, 0.2) is 11.5 Å². The number of nitrogens with zero attached hydrogens (tertiary/aromatic N) is 1. The van der Waals surface area contributed by atoms with Crippen LogP contribution in [0.3, 0.4) is 0 Å². The van der Waals surface area contributed by atoms with Gasteiger partial charge in [0.25, 0.3) is 0 Å². The minimum atomic E-state index is -5.00. The van der Waals surface area contributed by atoms with Gasteiger partial charge in [-0.2, -0.15) is 8.42 Å². The molecule has 0 fully saturated rings. The van der Waals surface area contributed by atoms with Gasteiger partial charge in [-0.1, -0.05) is 28.2 Å². The zero-order valence-corrected chi connectivity index (χ0v) is 14.4. The van der Waals surface area contributed by atoms with Crippen LogP contribution in [0, 0.1) is 0 Å². The van der Waals surface area contributed by atoms with E-state index in [1.54, 1.807) is 12.1 Å². The number of halogens is 1. The molecule has 0 aromatic heterocycles. The summed E-state index contributed by atoms with van der Waals surface area (Å²) in [5, 5.41) is 0. The number of rotatable bonds is 6. The van der Waals surface area contributed by atoms with E-state index >= 15 is 0 Å². The maximum Gasteiger partial charge on any atom is 0.488 e. The molecular weight excluding hydrogens is 349 g/mol. The number of para-hydroxylation sites is 2. The summed E-state index contributed by atoms with van der Waals surface area (Å²) < 4.78 is 49.1. The smallest absolute Gasteiger partial charge is 0.486 e. The van der Waals surface area contributed by atoms with Gasteiger partial charge >= 0.3 is 10.5 Å². The van der Waals surface area contributed by atoms with Crippen LogP contribution in [-0.4, -0.2) is 39.6 Å². The van der Waals surface area contributed by atoms with Crippen molar-refractivity contribution in [3.8, 4) is 17.2 Å². The maximum absolute atomic E-state index is 12.5. The van der Waals surface area contributed by atoms with Gasteiger partial charge in [0.1, 0.15) is 18.5 Å². The molecule has 0 bridgehead atoms. The Morgan fingerprint density at radius 1 is 1.16 bits per heavy atom. The Labute approximate surface area is 146 Å². The molecule has 1 aliphatic rings. The summed E-state index contributed by atoms with van der Waals surface area (Å²) in [5.74, 6) is 1.43. The van der Waals surface area contributed by atoms with Crippen LogP contribution in [0.1, 0.15) is 5.56 Å². The van der Waals surface area contributed by atoms with Crippen LogP contribution in [0.4, 0.5) is 3.89 Å². The number of fused-ring (bicyclic) bond motifs is 1. The van der Waals surface area contributed by atoms with Crippen LogP contribution in [0.5, 0.6) is 17.2 Å². The highest BCUT2D eigenvalue weighted by Gasteiger charge is 2.21. The van der Waals surface area contributed by atoms with Crippen LogP contribution >= 0.6 is 0 Å². The molecule has 0 N–H and O–H groups in total. The molecule has 0 spiro atoms. The van der Waals surface area contributed by atoms with E-state index in [0.717, 1.165) is 17.1 Å². The van der Waals surface area contributed by atoms with Crippen molar-refractivity contribution in [2.75, 3.05) is 20.2 Å². The fourth-order valence-corrected chi connectivity index (χ4v) is 2.98. The summed E-state index contributed by atoms with van der Waals surface area (Å²) in [5.41, 5.74) is 0.934. The summed E-state index contributed by atoms with van der Waals surface area (Å²) in [7, 11) is -3.05. The standard InChI is InChI=1S/C17H18FNO5S/c1-19(10-13-6-8-14(9-7-13)24-25(18,20)21)11-15-12-22-16-4-2-3-5-17(16)23-15/h2-9,15H,10-12H2,1H3. The quantitative estimate of drug-likeness (QED) is 0.731. The Morgan fingerprint density at radius 2 is 1.84 bits per heavy atom. The third kappa shape index (κ3) is 5.07. The van der Waals surface area contributed by atoms with Crippen molar-refractivity contribution < 1.29 is 26.0 Å². The van der Waals surface area contributed by atoms with E-state index in [4.69, 9.17) is 9.47 Å². The van der Waals surface area contributed by atoms with Gasteiger partial charge in [-0.3, -0.25) is 4.90 Å². The lowest BCUT2D eigenvalue weighted by Crippen LogP contribution is -2.39. The number of likely N-dealkylation sites (N-methyl/N-ethyl adjacent to an activating group) is 1. The molecule has 0 saturated heterocycles. The fourth-order valence-electron chi connectivity index (χ4n) is 2.64. The van der Waals surface area contributed by atoms with E-state index in [1.165, 1.54) is 12.1 Å². The lowest BCUT2D eigenvalue weighted by molar-refractivity contribution is 0.0638. The van der Waals surface area contributed by atoms with E-state index < -0.39 is 10.5 Å². The molecule has 1 heterocycles. The molecule has 2 aromatic rings. The second-order valence-electron chi connectivity index (χ2n) is 5.81. The van der Waals surface area contributed by atoms with Gasteiger partial charge in [0.2, 0.25) is 0 Å². The molecule has 8 heteroatoms. The van der Waals surface area contributed by atoms with Gasteiger partial charge in [-0.05, 0) is 36.9 Å². The van der Waals surface area contributed by atoms with Crippen molar-refractivity contribution in [3.63, 3.8) is 0 Å². The van der Waals surface area contributed by atoms with Gasteiger partial charge in [0.05, 0.1) is 0 Å². The number of hydrogen-bond acceptors (Lipinski definition) is 6. The second-order valence-corrected chi connectivity index (χ2v) is 6.77. The first kappa shape index (κ1) is 17.5. The zero-order chi connectivity index (χ0) is 17.9. The normalized spacial score (nSPS) is 16.7. The van der Waals surface area contributed by atoms with Crippen LogP contribution in [0.2, 0.25) is 0 Å². The number of benzene rings is 2. The molecule has 6 nitrogen and oxygen atoms in total. The van der Waals surface area contributed by atoms with E-state index in [-0.39, 0.29) is 11.9 Å². The summed E-state index contributed by atoms with van der Waals surface area (Å²) in [6.45, 7) is 1.75. The molecule has 0 amide bonds. The lowest BCUT2D eigenvalue weighted by Gasteiger charge is -2.29. The topological polar surface area (TPSA) is 65.1 Å². The van der Waals surface area contributed by atoms with Crippen LogP contribution in [0.25, 0.3) is 0 Å². The van der Waals surface area contributed by atoms with Gasteiger partial charge < -0.3 is 13.7 Å². The molecule has 0 aliphatic carbocycles. The molecule has 0 saturated carbocycles. The Hall–Kier alpha value is -2.32. The predicted molar refractivity (Wildman–Crippen MR) is 89.8 cm³/mol. The predicted octanol–water partition coefficient (Wildman–Crippen LogP) is 2.55. The average molecular weight is 367 g/mol. The highest BCUT2D eigenvalue weighted by Crippen LogP contribution is 2.31. The monoisotopic (exact) mass is 367 g/mol. The van der Waals surface area contributed by atoms with Crippen molar-refractivity contribution in [1.82, 2.24) is 4.90 Å². The van der Waals surface area contributed by atoms with Gasteiger partial charge in [0, 0.05) is 13.1 Å². The third-order valence-corrected chi connectivity index (χ3v) is 4.05. The SMILES string of the molecule is CN(Cc1ccc(OS(=O)(=O)F)cc1)CC1COc2ccccc2O1. The first-order valence-corrected chi connectivity index (χ1v) is 9.00. The number of hydrogen-bond donors (Lipinski definition) is 0. The van der Waals surface area contributed by atoms with Crippen LogP contribution in [0.15, 0.2) is 48.5 Å². The fraction of sp³-hybridized carbons (Fsp3) is 0.294. The van der Waals surface area contributed by atoms with Crippen molar-refractivity contribution in [3.05, 3.63) is 54.1 Å². The second kappa shape index (κ2) is 7.28. The first-order valence-electron chi connectivity index (χ1n) is 7.69. The Morgan fingerprint density at radius 3 is 2.52 bits per heavy atom. The zero-order valence-electron chi connectivity index (χ0n) is 13.6. The highest BCUT2D eigenvalue weighted by atomic mass is 32.3. The van der Waals surface area contributed by atoms with E-state index in [0.29, 0.717) is 19.7 Å². The van der Waals surface area contributed by atoms with Gasteiger partial charge in [-0.25, -0.2) is 0 Å². The molecule has 1 aliphatic heterocycles. The van der Waals surface area contributed by atoms with E-state index in [1.807, 2.05) is 31.3 Å². The van der Waals surface area contributed by atoms with Crippen molar-refractivity contribution in [2.24, 2.45) is 0 Å². The van der Waals surface area contributed by atoms with Crippen molar-refractivity contribution in [1.29, 1.82) is 0 Å². The Bertz CT molecular complexity index is 825. The van der Waals surface area contributed by atoms with Gasteiger partial charge in [-0.15, -0.1) is 0 Å². The molecule has 3 rings (SSSR count). The molecule has 25 heavy (non-hydrogen) atoms. The number of ether oxygens (including phenoxy) is 2. The first-order chi connectivity index (χ1) is 11.9. The summed E-state index contributed by atoms with van der Waals surface area (Å²) in [6.07, 6.45) is -0.0841. The molecule has 134 valence electrons. The largest absolute Gasteiger partial charge is 0.488 e.